The maximum atomic E-state index is 13.8. The first-order valence-electron chi connectivity index (χ1n) is 8.47. The second-order valence-corrected chi connectivity index (χ2v) is 8.02. The minimum Gasteiger partial charge on any atom is -0.390 e. The first kappa shape index (κ1) is 18.6. The second kappa shape index (κ2) is 6.87. The standard InChI is InChI=1S/C18H21ClFN3O3/c1-18(2,3)14-9-15(22-26-14)21-17(25)13-6-7-16(24)23(13)10-4-5-11(19)12(20)8-10/h4-5,8,13-14H,6-7,9H2,1-3H3,(H,21,22,25)/t13-,14?/m0/s1. The highest BCUT2D eigenvalue weighted by Gasteiger charge is 2.39. The van der Waals surface area contributed by atoms with E-state index in [1.54, 1.807) is 0 Å². The number of benzene rings is 1. The molecule has 140 valence electrons. The molecule has 0 aromatic heterocycles. The molecule has 3 rings (SSSR count). The average Bonchev–Trinajstić information content (AvgIpc) is 3.16. The van der Waals surface area contributed by atoms with E-state index < -0.39 is 11.9 Å². The minimum absolute atomic E-state index is 0.0351. The summed E-state index contributed by atoms with van der Waals surface area (Å²) in [6.07, 6.45) is 0.942. The molecule has 0 saturated carbocycles. The lowest BCUT2D eigenvalue weighted by molar-refractivity contribution is -0.122. The van der Waals surface area contributed by atoms with Gasteiger partial charge in [-0.05, 0) is 24.6 Å². The van der Waals surface area contributed by atoms with Crippen molar-refractivity contribution < 1.29 is 18.8 Å². The van der Waals surface area contributed by atoms with Crippen molar-refractivity contribution in [2.24, 2.45) is 10.6 Å². The molecule has 1 saturated heterocycles. The van der Waals surface area contributed by atoms with Crippen LogP contribution in [0.15, 0.2) is 23.4 Å². The van der Waals surface area contributed by atoms with Crippen LogP contribution in [0, 0.1) is 11.2 Å². The molecule has 0 radical (unpaired) electrons. The Morgan fingerprint density at radius 3 is 2.77 bits per heavy atom. The van der Waals surface area contributed by atoms with Crippen LogP contribution in [0.3, 0.4) is 0 Å². The SMILES string of the molecule is CC(C)(C)C1CC(NC(=O)[C@@H]2CCC(=O)N2c2ccc(Cl)c(F)c2)=NO1. The molecule has 2 aliphatic rings. The number of oxime groups is 1. The van der Waals surface area contributed by atoms with Crippen LogP contribution in [0.25, 0.3) is 0 Å². The fourth-order valence-electron chi connectivity index (χ4n) is 3.03. The van der Waals surface area contributed by atoms with Crippen LogP contribution in [0.4, 0.5) is 10.1 Å². The molecule has 2 heterocycles. The highest BCUT2D eigenvalue weighted by atomic mass is 35.5. The number of hydrogen-bond donors (Lipinski definition) is 1. The molecule has 0 spiro atoms. The van der Waals surface area contributed by atoms with Crippen molar-refractivity contribution in [3.63, 3.8) is 0 Å². The Morgan fingerprint density at radius 2 is 2.15 bits per heavy atom. The van der Waals surface area contributed by atoms with Crippen molar-refractivity contribution >= 4 is 34.9 Å². The zero-order valence-corrected chi connectivity index (χ0v) is 15.6. The van der Waals surface area contributed by atoms with Gasteiger partial charge in [0.2, 0.25) is 11.8 Å². The van der Waals surface area contributed by atoms with Gasteiger partial charge in [0.1, 0.15) is 18.0 Å². The van der Waals surface area contributed by atoms with Gasteiger partial charge in [0, 0.05) is 23.9 Å². The first-order chi connectivity index (χ1) is 12.2. The van der Waals surface area contributed by atoms with Gasteiger partial charge in [-0.15, -0.1) is 0 Å². The Balaban J connectivity index is 1.72. The molecule has 1 unspecified atom stereocenters. The molecule has 0 bridgehead atoms. The van der Waals surface area contributed by atoms with E-state index in [-0.39, 0.29) is 34.8 Å². The number of hydrogen-bond acceptors (Lipinski definition) is 4. The van der Waals surface area contributed by atoms with Gasteiger partial charge < -0.3 is 10.2 Å². The Labute approximate surface area is 156 Å². The molecule has 6 nitrogen and oxygen atoms in total. The third-order valence-electron chi connectivity index (χ3n) is 4.60. The maximum absolute atomic E-state index is 13.8. The number of halogens is 2. The number of nitrogens with one attached hydrogen (secondary N) is 1. The van der Waals surface area contributed by atoms with Crippen LogP contribution in [0.1, 0.15) is 40.0 Å². The summed E-state index contributed by atoms with van der Waals surface area (Å²) < 4.78 is 13.8. The molecule has 8 heteroatoms. The Hall–Kier alpha value is -2.15. The van der Waals surface area contributed by atoms with Crippen molar-refractivity contribution in [2.75, 3.05) is 4.90 Å². The summed E-state index contributed by atoms with van der Waals surface area (Å²) in [4.78, 5) is 31.6. The van der Waals surface area contributed by atoms with E-state index in [1.165, 1.54) is 17.0 Å². The Bertz CT molecular complexity index is 775. The third kappa shape index (κ3) is 3.67. The van der Waals surface area contributed by atoms with Gasteiger partial charge in [0.05, 0.1) is 5.02 Å². The smallest absolute Gasteiger partial charge is 0.248 e. The van der Waals surface area contributed by atoms with Crippen LogP contribution in [0.2, 0.25) is 5.02 Å². The lowest BCUT2D eigenvalue weighted by Crippen LogP contribution is -2.47. The quantitative estimate of drug-likeness (QED) is 0.854. The minimum atomic E-state index is -0.723. The van der Waals surface area contributed by atoms with Gasteiger partial charge in [-0.2, -0.15) is 0 Å². The summed E-state index contributed by atoms with van der Waals surface area (Å²) in [5, 5.41) is 6.65. The van der Waals surface area contributed by atoms with Crippen molar-refractivity contribution in [1.82, 2.24) is 5.32 Å². The Kier molecular flexibility index (Phi) is 4.92. The number of amidine groups is 1. The lowest BCUT2D eigenvalue weighted by atomic mass is 9.87. The second-order valence-electron chi connectivity index (χ2n) is 7.61. The van der Waals surface area contributed by atoms with Crippen molar-refractivity contribution in [3.05, 3.63) is 29.0 Å². The van der Waals surface area contributed by atoms with Gasteiger partial charge in [-0.1, -0.05) is 37.5 Å². The van der Waals surface area contributed by atoms with E-state index in [9.17, 15) is 14.0 Å². The lowest BCUT2D eigenvalue weighted by Gasteiger charge is -2.25. The van der Waals surface area contributed by atoms with Crippen molar-refractivity contribution in [1.29, 1.82) is 0 Å². The largest absolute Gasteiger partial charge is 0.390 e. The van der Waals surface area contributed by atoms with Crippen LogP contribution < -0.4 is 10.2 Å². The molecule has 1 fully saturated rings. The molecule has 1 aromatic rings. The Morgan fingerprint density at radius 1 is 1.42 bits per heavy atom. The molecule has 2 amide bonds. The zero-order valence-electron chi connectivity index (χ0n) is 14.9. The fraction of sp³-hybridized carbons (Fsp3) is 0.500. The zero-order chi connectivity index (χ0) is 19.1. The summed E-state index contributed by atoms with van der Waals surface area (Å²) in [5.74, 6) is -0.784. The summed E-state index contributed by atoms with van der Waals surface area (Å²) in [7, 11) is 0. The fourth-order valence-corrected chi connectivity index (χ4v) is 3.15. The summed E-state index contributed by atoms with van der Waals surface area (Å²) in [5.41, 5.74) is 0.207. The summed E-state index contributed by atoms with van der Waals surface area (Å²) in [6, 6.07) is 3.34. The van der Waals surface area contributed by atoms with Crippen LogP contribution in [0.5, 0.6) is 0 Å². The van der Waals surface area contributed by atoms with E-state index in [4.69, 9.17) is 16.4 Å². The molecule has 2 atom stereocenters. The molecule has 1 aromatic carbocycles. The van der Waals surface area contributed by atoms with Crippen molar-refractivity contribution in [2.45, 2.75) is 52.2 Å². The number of anilines is 1. The number of nitrogens with zero attached hydrogens (tertiary/aromatic N) is 2. The predicted octanol–water partition coefficient (Wildman–Crippen LogP) is 3.24. The van der Waals surface area contributed by atoms with E-state index in [2.05, 4.69) is 10.5 Å². The van der Waals surface area contributed by atoms with Crippen LogP contribution in [-0.4, -0.2) is 29.8 Å². The monoisotopic (exact) mass is 381 g/mol. The van der Waals surface area contributed by atoms with Gasteiger partial charge >= 0.3 is 0 Å². The predicted molar refractivity (Wildman–Crippen MR) is 96.4 cm³/mol. The first-order valence-corrected chi connectivity index (χ1v) is 8.85. The van der Waals surface area contributed by atoms with Crippen LogP contribution >= 0.6 is 11.6 Å². The molecular formula is C18H21ClFN3O3. The third-order valence-corrected chi connectivity index (χ3v) is 4.90. The van der Waals surface area contributed by atoms with E-state index >= 15 is 0 Å². The van der Waals surface area contributed by atoms with Crippen LogP contribution in [-0.2, 0) is 14.4 Å². The number of carbonyl (C=O) groups excluding carboxylic acids is 2. The molecule has 26 heavy (non-hydrogen) atoms. The normalized spacial score (nSPS) is 23.0. The summed E-state index contributed by atoms with van der Waals surface area (Å²) >= 11 is 5.70. The number of rotatable bonds is 2. The molecule has 2 aliphatic heterocycles. The highest BCUT2D eigenvalue weighted by molar-refractivity contribution is 6.30. The molecule has 1 N–H and O–H groups in total. The molecular weight excluding hydrogens is 361 g/mol. The van der Waals surface area contributed by atoms with Gasteiger partial charge in [-0.3, -0.25) is 14.5 Å². The van der Waals surface area contributed by atoms with E-state index in [0.29, 0.717) is 24.4 Å². The molecule has 0 aliphatic carbocycles. The van der Waals surface area contributed by atoms with Gasteiger partial charge in [0.15, 0.2) is 5.84 Å². The number of amides is 2. The van der Waals surface area contributed by atoms with Gasteiger partial charge in [-0.25, -0.2) is 4.39 Å². The van der Waals surface area contributed by atoms with E-state index in [1.807, 2.05) is 20.8 Å². The van der Waals surface area contributed by atoms with Gasteiger partial charge in [0.25, 0.3) is 0 Å². The number of carbonyl (C=O) groups is 2. The average molecular weight is 382 g/mol. The van der Waals surface area contributed by atoms with E-state index in [0.717, 1.165) is 6.07 Å². The topological polar surface area (TPSA) is 71.0 Å². The maximum Gasteiger partial charge on any atom is 0.248 e. The summed E-state index contributed by atoms with van der Waals surface area (Å²) in [6.45, 7) is 6.10. The highest BCUT2D eigenvalue weighted by Crippen LogP contribution is 2.31. The van der Waals surface area contributed by atoms with Crippen molar-refractivity contribution in [3.8, 4) is 0 Å².